The molecule has 0 saturated carbocycles. The van der Waals surface area contributed by atoms with Crippen molar-refractivity contribution in [2.75, 3.05) is 0 Å². The Kier molecular flexibility index (Phi) is 3.24. The normalized spacial score (nSPS) is 9.36. The highest BCUT2D eigenvalue weighted by atomic mass is 16.1. The molecule has 1 aromatic heterocycles. The summed E-state index contributed by atoms with van der Waals surface area (Å²) in [5, 5.41) is 0. The maximum absolute atomic E-state index is 10.4. The van der Waals surface area contributed by atoms with Crippen LogP contribution >= 0.6 is 0 Å². The number of hydrogen-bond acceptors (Lipinski definition) is 2. The van der Waals surface area contributed by atoms with Gasteiger partial charge in [0.05, 0.1) is 0 Å². The zero-order valence-corrected chi connectivity index (χ0v) is 8.24. The average molecular weight is 188 g/mol. The van der Waals surface area contributed by atoms with E-state index >= 15 is 0 Å². The molecule has 1 heterocycles. The standard InChI is InChI=1S/C11H12N2O/c1-8(2)10-7-9(5-6-13-10)3-4-11(12)14/h5-8H,1-2H3,(H2,12,14). The smallest absolute Gasteiger partial charge is 0.293 e. The van der Waals surface area contributed by atoms with Gasteiger partial charge in [0.1, 0.15) is 0 Å². The van der Waals surface area contributed by atoms with E-state index in [1.807, 2.05) is 19.9 Å². The van der Waals surface area contributed by atoms with E-state index < -0.39 is 5.91 Å². The van der Waals surface area contributed by atoms with Crippen LogP contribution in [0.3, 0.4) is 0 Å². The van der Waals surface area contributed by atoms with Crippen LogP contribution in [0.4, 0.5) is 0 Å². The third-order valence-electron chi connectivity index (χ3n) is 1.70. The summed E-state index contributed by atoms with van der Waals surface area (Å²) in [6.45, 7) is 4.10. The van der Waals surface area contributed by atoms with Crippen LogP contribution in [0.15, 0.2) is 18.3 Å². The van der Waals surface area contributed by atoms with Crippen LogP contribution in [0.5, 0.6) is 0 Å². The first-order valence-electron chi connectivity index (χ1n) is 4.37. The molecule has 1 aromatic rings. The maximum atomic E-state index is 10.4. The molecule has 1 rings (SSSR count). The fraction of sp³-hybridized carbons (Fsp3) is 0.273. The summed E-state index contributed by atoms with van der Waals surface area (Å²) in [6, 6.07) is 3.61. The first-order chi connectivity index (χ1) is 6.59. The summed E-state index contributed by atoms with van der Waals surface area (Å²) in [4.78, 5) is 14.6. The number of aromatic nitrogens is 1. The van der Waals surface area contributed by atoms with E-state index in [1.165, 1.54) is 0 Å². The highest BCUT2D eigenvalue weighted by molar-refractivity contribution is 5.92. The van der Waals surface area contributed by atoms with Gasteiger partial charge >= 0.3 is 0 Å². The Morgan fingerprint density at radius 2 is 2.29 bits per heavy atom. The Bertz CT molecular complexity index is 399. The Morgan fingerprint density at radius 1 is 1.57 bits per heavy atom. The van der Waals surface area contributed by atoms with Gasteiger partial charge in [-0.1, -0.05) is 19.8 Å². The zero-order chi connectivity index (χ0) is 10.6. The van der Waals surface area contributed by atoms with E-state index in [2.05, 4.69) is 16.8 Å². The molecule has 0 aromatic carbocycles. The van der Waals surface area contributed by atoms with Crippen molar-refractivity contribution < 1.29 is 4.79 Å². The maximum Gasteiger partial charge on any atom is 0.293 e. The quantitative estimate of drug-likeness (QED) is 0.669. The molecule has 0 aliphatic carbocycles. The van der Waals surface area contributed by atoms with E-state index in [1.54, 1.807) is 12.3 Å². The van der Waals surface area contributed by atoms with Crippen molar-refractivity contribution in [3.63, 3.8) is 0 Å². The number of carbonyl (C=O) groups is 1. The lowest BCUT2D eigenvalue weighted by Crippen LogP contribution is -2.06. The molecule has 0 atom stereocenters. The summed E-state index contributed by atoms with van der Waals surface area (Å²) in [5.74, 6) is 4.70. The van der Waals surface area contributed by atoms with Crippen LogP contribution in [-0.2, 0) is 4.79 Å². The Balaban J connectivity index is 2.96. The minimum absolute atomic E-state index is 0.352. The second-order valence-corrected chi connectivity index (χ2v) is 3.24. The van der Waals surface area contributed by atoms with Gasteiger partial charge in [-0.2, -0.15) is 0 Å². The molecule has 0 fully saturated rings. The van der Waals surface area contributed by atoms with Crippen molar-refractivity contribution in [1.82, 2.24) is 4.98 Å². The lowest BCUT2D eigenvalue weighted by atomic mass is 10.1. The summed E-state index contributed by atoms with van der Waals surface area (Å²) >= 11 is 0. The van der Waals surface area contributed by atoms with Crippen LogP contribution in [0.1, 0.15) is 31.0 Å². The van der Waals surface area contributed by atoms with E-state index in [0.29, 0.717) is 5.92 Å². The van der Waals surface area contributed by atoms with Gasteiger partial charge in [0.2, 0.25) is 0 Å². The van der Waals surface area contributed by atoms with Gasteiger partial charge in [-0.3, -0.25) is 9.78 Å². The predicted octanol–water partition coefficient (Wildman–Crippen LogP) is 1.04. The topological polar surface area (TPSA) is 56.0 Å². The predicted molar refractivity (Wildman–Crippen MR) is 54.4 cm³/mol. The molecule has 0 spiro atoms. The van der Waals surface area contributed by atoms with Gasteiger partial charge in [-0.05, 0) is 24.0 Å². The van der Waals surface area contributed by atoms with Crippen LogP contribution in [0.25, 0.3) is 0 Å². The van der Waals surface area contributed by atoms with Crippen LogP contribution < -0.4 is 5.73 Å². The first-order valence-corrected chi connectivity index (χ1v) is 4.37. The van der Waals surface area contributed by atoms with Crippen molar-refractivity contribution in [2.45, 2.75) is 19.8 Å². The van der Waals surface area contributed by atoms with Gasteiger partial charge in [-0.15, -0.1) is 0 Å². The number of nitrogens with zero attached hydrogens (tertiary/aromatic N) is 1. The highest BCUT2D eigenvalue weighted by Gasteiger charge is 1.99. The third-order valence-corrected chi connectivity index (χ3v) is 1.70. The van der Waals surface area contributed by atoms with Gasteiger partial charge in [0.15, 0.2) is 0 Å². The van der Waals surface area contributed by atoms with Gasteiger partial charge in [0.25, 0.3) is 5.91 Å². The summed E-state index contributed by atoms with van der Waals surface area (Å²) in [6.07, 6.45) is 1.68. The second-order valence-electron chi connectivity index (χ2n) is 3.24. The van der Waals surface area contributed by atoms with Crippen molar-refractivity contribution in [1.29, 1.82) is 0 Å². The number of amides is 1. The third kappa shape index (κ3) is 2.91. The van der Waals surface area contributed by atoms with Gasteiger partial charge < -0.3 is 5.73 Å². The summed E-state index contributed by atoms with van der Waals surface area (Å²) in [5.41, 5.74) is 6.64. The molecule has 14 heavy (non-hydrogen) atoms. The van der Waals surface area contributed by atoms with Crippen LogP contribution in [-0.4, -0.2) is 10.9 Å². The number of carbonyl (C=O) groups excluding carboxylic acids is 1. The van der Waals surface area contributed by atoms with Crippen LogP contribution in [0.2, 0.25) is 0 Å². The van der Waals surface area contributed by atoms with Crippen LogP contribution in [0, 0.1) is 11.8 Å². The summed E-state index contributed by atoms with van der Waals surface area (Å²) < 4.78 is 0. The number of hydrogen-bond donors (Lipinski definition) is 1. The molecule has 72 valence electrons. The number of nitrogens with two attached hydrogens (primary N) is 1. The number of primary amides is 1. The zero-order valence-electron chi connectivity index (χ0n) is 8.24. The summed E-state index contributed by atoms with van der Waals surface area (Å²) in [7, 11) is 0. The molecular weight excluding hydrogens is 176 g/mol. The molecule has 0 saturated heterocycles. The molecule has 2 N–H and O–H groups in total. The Morgan fingerprint density at radius 3 is 2.86 bits per heavy atom. The number of pyridine rings is 1. The first kappa shape index (κ1) is 10.3. The molecule has 3 nitrogen and oxygen atoms in total. The average Bonchev–Trinajstić information content (AvgIpc) is 2.15. The van der Waals surface area contributed by atoms with Crippen molar-refractivity contribution in [2.24, 2.45) is 5.73 Å². The minimum Gasteiger partial charge on any atom is -0.359 e. The molecule has 1 amide bonds. The van der Waals surface area contributed by atoms with Crippen molar-refractivity contribution in [3.8, 4) is 11.8 Å². The number of rotatable bonds is 1. The molecule has 0 radical (unpaired) electrons. The molecule has 0 bridgehead atoms. The van der Waals surface area contributed by atoms with Crippen molar-refractivity contribution >= 4 is 5.91 Å². The highest BCUT2D eigenvalue weighted by Crippen LogP contribution is 2.11. The molecule has 3 heteroatoms. The van der Waals surface area contributed by atoms with E-state index in [0.717, 1.165) is 11.3 Å². The molecule has 0 aliphatic rings. The SMILES string of the molecule is CC(C)c1cc(C#CC(N)=O)ccn1. The molecular formula is C11H12N2O. The van der Waals surface area contributed by atoms with E-state index in [4.69, 9.17) is 5.73 Å². The minimum atomic E-state index is -0.618. The molecule has 0 unspecified atom stereocenters. The van der Waals surface area contributed by atoms with Crippen molar-refractivity contribution in [3.05, 3.63) is 29.6 Å². The fourth-order valence-electron chi connectivity index (χ4n) is 0.976. The van der Waals surface area contributed by atoms with Gasteiger partial charge in [-0.25, -0.2) is 0 Å². The largest absolute Gasteiger partial charge is 0.359 e. The van der Waals surface area contributed by atoms with Gasteiger partial charge in [0, 0.05) is 17.5 Å². The Labute approximate surface area is 83.3 Å². The fourth-order valence-corrected chi connectivity index (χ4v) is 0.976. The lowest BCUT2D eigenvalue weighted by Gasteiger charge is -2.02. The second kappa shape index (κ2) is 4.43. The lowest BCUT2D eigenvalue weighted by molar-refractivity contribution is -0.112. The monoisotopic (exact) mass is 188 g/mol. The van der Waals surface area contributed by atoms with E-state index in [-0.39, 0.29) is 0 Å². The Hall–Kier alpha value is -1.82. The van der Waals surface area contributed by atoms with E-state index in [9.17, 15) is 4.79 Å². The molecule has 0 aliphatic heterocycles.